The summed E-state index contributed by atoms with van der Waals surface area (Å²) in [5, 5.41) is 2.88. The minimum atomic E-state index is -0.0698. The van der Waals surface area contributed by atoms with Crippen molar-refractivity contribution in [2.45, 2.75) is 11.8 Å². The average molecular weight is 302 g/mol. The Bertz CT molecular complexity index is 644. The Labute approximate surface area is 128 Å². The van der Waals surface area contributed by atoms with Gasteiger partial charge in [0.1, 0.15) is 5.75 Å². The summed E-state index contributed by atoms with van der Waals surface area (Å²) in [6.07, 6.45) is 0. The predicted octanol–water partition coefficient (Wildman–Crippen LogP) is 3.32. The fourth-order valence-corrected chi connectivity index (χ4v) is 2.68. The molecule has 0 fully saturated rings. The number of benzene rings is 2. The Kier molecular flexibility index (Phi) is 5.11. The van der Waals surface area contributed by atoms with Gasteiger partial charge in [-0.15, -0.1) is 11.8 Å². The van der Waals surface area contributed by atoms with E-state index in [-0.39, 0.29) is 5.91 Å². The van der Waals surface area contributed by atoms with Crippen LogP contribution >= 0.6 is 11.8 Å². The first-order valence-electron chi connectivity index (χ1n) is 6.52. The molecule has 0 aliphatic carbocycles. The highest BCUT2D eigenvalue weighted by atomic mass is 32.2. The molecule has 3 N–H and O–H groups in total. The quantitative estimate of drug-likeness (QED) is 0.657. The van der Waals surface area contributed by atoms with E-state index in [1.54, 1.807) is 7.11 Å². The van der Waals surface area contributed by atoms with Crippen LogP contribution in [0.4, 0.5) is 11.4 Å². The van der Waals surface area contributed by atoms with Crippen molar-refractivity contribution in [3.63, 3.8) is 0 Å². The number of ether oxygens (including phenoxy) is 1. The fraction of sp³-hybridized carbons (Fsp3) is 0.188. The average Bonchev–Trinajstić information content (AvgIpc) is 2.50. The monoisotopic (exact) mass is 302 g/mol. The molecule has 5 heteroatoms. The summed E-state index contributed by atoms with van der Waals surface area (Å²) in [6.45, 7) is 1.89. The molecule has 21 heavy (non-hydrogen) atoms. The Hall–Kier alpha value is -2.14. The van der Waals surface area contributed by atoms with Crippen molar-refractivity contribution in [3.8, 4) is 5.75 Å². The van der Waals surface area contributed by atoms with Crippen LogP contribution in [0, 0.1) is 6.92 Å². The number of nitrogens with one attached hydrogen (secondary N) is 1. The summed E-state index contributed by atoms with van der Waals surface area (Å²) >= 11 is 1.44. The van der Waals surface area contributed by atoms with Gasteiger partial charge in [0.25, 0.3) is 0 Å². The van der Waals surface area contributed by atoms with Crippen LogP contribution < -0.4 is 15.8 Å². The predicted molar refractivity (Wildman–Crippen MR) is 87.9 cm³/mol. The number of nitrogens with two attached hydrogens (primary N) is 1. The van der Waals surface area contributed by atoms with Gasteiger partial charge in [0, 0.05) is 16.3 Å². The van der Waals surface area contributed by atoms with E-state index in [1.165, 1.54) is 11.8 Å². The van der Waals surface area contributed by atoms with Crippen molar-refractivity contribution >= 4 is 29.0 Å². The molecule has 0 heterocycles. The first-order valence-corrected chi connectivity index (χ1v) is 7.51. The third kappa shape index (κ3) is 3.92. The highest BCUT2D eigenvalue weighted by Crippen LogP contribution is 2.29. The van der Waals surface area contributed by atoms with Gasteiger partial charge in [-0.2, -0.15) is 0 Å². The Morgan fingerprint density at radius 1 is 1.24 bits per heavy atom. The summed E-state index contributed by atoms with van der Waals surface area (Å²) in [5.41, 5.74) is 8.13. The van der Waals surface area contributed by atoms with Gasteiger partial charge in [-0.1, -0.05) is 18.2 Å². The van der Waals surface area contributed by atoms with Crippen LogP contribution in [0.5, 0.6) is 5.75 Å². The number of hydrogen-bond donors (Lipinski definition) is 2. The molecule has 0 aliphatic rings. The van der Waals surface area contributed by atoms with Gasteiger partial charge in [-0.05, 0) is 36.8 Å². The standard InChI is InChI=1S/C16H18N2O2S/c1-11-12(17)6-5-7-13(11)18-16(19)10-21-15-9-4-3-8-14(15)20-2/h3-9H,10,17H2,1-2H3,(H,18,19). The Balaban J connectivity index is 1.98. The van der Waals surface area contributed by atoms with Crippen molar-refractivity contribution < 1.29 is 9.53 Å². The molecule has 2 aromatic rings. The van der Waals surface area contributed by atoms with Crippen LogP contribution in [0.2, 0.25) is 0 Å². The van der Waals surface area contributed by atoms with E-state index in [4.69, 9.17) is 10.5 Å². The van der Waals surface area contributed by atoms with Crippen molar-refractivity contribution in [1.29, 1.82) is 0 Å². The Morgan fingerprint density at radius 2 is 2.00 bits per heavy atom. The molecule has 2 rings (SSSR count). The van der Waals surface area contributed by atoms with Crippen LogP contribution in [-0.2, 0) is 4.79 Å². The highest BCUT2D eigenvalue weighted by Gasteiger charge is 2.09. The summed E-state index contributed by atoms with van der Waals surface area (Å²) in [6, 6.07) is 13.1. The van der Waals surface area contributed by atoms with Crippen LogP contribution in [-0.4, -0.2) is 18.8 Å². The first-order chi connectivity index (χ1) is 10.1. The number of anilines is 2. The van der Waals surface area contributed by atoms with Crippen LogP contribution in [0.1, 0.15) is 5.56 Å². The number of para-hydroxylation sites is 1. The van der Waals surface area contributed by atoms with E-state index in [9.17, 15) is 4.79 Å². The minimum absolute atomic E-state index is 0.0698. The maximum absolute atomic E-state index is 12.0. The number of carbonyl (C=O) groups excluding carboxylic acids is 1. The summed E-state index contributed by atoms with van der Waals surface area (Å²) in [5.74, 6) is 1.02. The number of thioether (sulfide) groups is 1. The second-order valence-electron chi connectivity index (χ2n) is 4.51. The van der Waals surface area contributed by atoms with Gasteiger partial charge in [0.15, 0.2) is 0 Å². The lowest BCUT2D eigenvalue weighted by Gasteiger charge is -2.11. The lowest BCUT2D eigenvalue weighted by atomic mass is 10.1. The normalized spacial score (nSPS) is 10.2. The molecule has 0 saturated heterocycles. The van der Waals surface area contributed by atoms with Gasteiger partial charge in [-0.25, -0.2) is 0 Å². The van der Waals surface area contributed by atoms with Gasteiger partial charge < -0.3 is 15.8 Å². The molecule has 110 valence electrons. The topological polar surface area (TPSA) is 64.3 Å². The molecule has 0 spiro atoms. The molecule has 2 aromatic carbocycles. The van der Waals surface area contributed by atoms with E-state index in [1.807, 2.05) is 49.4 Å². The summed E-state index contributed by atoms with van der Waals surface area (Å²) in [7, 11) is 1.62. The molecule has 0 atom stereocenters. The Morgan fingerprint density at radius 3 is 2.76 bits per heavy atom. The SMILES string of the molecule is COc1ccccc1SCC(=O)Nc1cccc(N)c1C. The van der Waals surface area contributed by atoms with E-state index in [0.717, 1.165) is 21.9 Å². The number of nitrogen functional groups attached to an aromatic ring is 1. The number of methoxy groups -OCH3 is 1. The molecular weight excluding hydrogens is 284 g/mol. The maximum Gasteiger partial charge on any atom is 0.234 e. The van der Waals surface area contributed by atoms with Gasteiger partial charge in [0.05, 0.1) is 12.9 Å². The van der Waals surface area contributed by atoms with Gasteiger partial charge in [0.2, 0.25) is 5.91 Å². The van der Waals surface area contributed by atoms with Crippen molar-refractivity contribution in [1.82, 2.24) is 0 Å². The smallest absolute Gasteiger partial charge is 0.234 e. The molecule has 0 saturated carbocycles. The summed E-state index contributed by atoms with van der Waals surface area (Å²) < 4.78 is 5.26. The van der Waals surface area contributed by atoms with Crippen LogP contribution in [0.3, 0.4) is 0 Å². The maximum atomic E-state index is 12.0. The molecule has 0 radical (unpaired) electrons. The molecule has 1 amide bonds. The largest absolute Gasteiger partial charge is 0.496 e. The van der Waals surface area contributed by atoms with Gasteiger partial charge >= 0.3 is 0 Å². The molecule has 4 nitrogen and oxygen atoms in total. The number of amides is 1. The van der Waals surface area contributed by atoms with Crippen LogP contribution in [0.25, 0.3) is 0 Å². The third-order valence-electron chi connectivity index (χ3n) is 3.08. The summed E-state index contributed by atoms with van der Waals surface area (Å²) in [4.78, 5) is 13.0. The zero-order valence-electron chi connectivity index (χ0n) is 12.1. The minimum Gasteiger partial charge on any atom is -0.496 e. The van der Waals surface area contributed by atoms with Crippen molar-refractivity contribution in [2.75, 3.05) is 23.9 Å². The van der Waals surface area contributed by atoms with E-state index >= 15 is 0 Å². The lowest BCUT2D eigenvalue weighted by molar-refractivity contribution is -0.113. The molecule has 0 aromatic heterocycles. The second-order valence-corrected chi connectivity index (χ2v) is 5.52. The zero-order valence-corrected chi connectivity index (χ0v) is 12.9. The first kappa shape index (κ1) is 15.3. The lowest BCUT2D eigenvalue weighted by Crippen LogP contribution is -2.15. The molecule has 0 bridgehead atoms. The highest BCUT2D eigenvalue weighted by molar-refractivity contribution is 8.00. The number of rotatable bonds is 5. The van der Waals surface area contributed by atoms with E-state index < -0.39 is 0 Å². The van der Waals surface area contributed by atoms with E-state index in [0.29, 0.717) is 11.4 Å². The van der Waals surface area contributed by atoms with Gasteiger partial charge in [-0.3, -0.25) is 4.79 Å². The van der Waals surface area contributed by atoms with Crippen LogP contribution in [0.15, 0.2) is 47.4 Å². The number of carbonyl (C=O) groups is 1. The van der Waals surface area contributed by atoms with Crippen molar-refractivity contribution in [2.24, 2.45) is 0 Å². The zero-order chi connectivity index (χ0) is 15.2. The molecule has 0 unspecified atom stereocenters. The third-order valence-corrected chi connectivity index (χ3v) is 4.13. The van der Waals surface area contributed by atoms with E-state index in [2.05, 4.69) is 5.32 Å². The molecular formula is C16H18N2O2S. The van der Waals surface area contributed by atoms with Crippen molar-refractivity contribution in [3.05, 3.63) is 48.0 Å². The number of hydrogen-bond acceptors (Lipinski definition) is 4. The second kappa shape index (κ2) is 7.04. The fourth-order valence-electron chi connectivity index (χ4n) is 1.86. The molecule has 0 aliphatic heterocycles.